The molecule has 1 aromatic rings. The number of hydrogen-bond acceptors (Lipinski definition) is 1. The van der Waals surface area contributed by atoms with Crippen LogP contribution in [-0.2, 0) is 16.6 Å². The minimum atomic E-state index is -0.661. The molecular weight excluding hydrogens is 188 g/mol. The van der Waals surface area contributed by atoms with Gasteiger partial charge in [-0.2, -0.15) is 0 Å². The maximum Gasteiger partial charge on any atom is 0.314 e. The largest absolute Gasteiger partial charge is 0.481 e. The zero-order chi connectivity index (χ0) is 10.9. The van der Waals surface area contributed by atoms with Crippen LogP contribution in [0.15, 0.2) is 24.3 Å². The molecule has 0 aromatic heterocycles. The van der Waals surface area contributed by atoms with E-state index in [-0.39, 0.29) is 0 Å². The quantitative estimate of drug-likeness (QED) is 0.818. The van der Waals surface area contributed by atoms with Crippen LogP contribution in [0.4, 0.5) is 0 Å². The lowest BCUT2D eigenvalue weighted by Crippen LogP contribution is -2.21. The lowest BCUT2D eigenvalue weighted by atomic mass is 9.89. The van der Waals surface area contributed by atoms with Crippen LogP contribution in [0, 0.1) is 0 Å². The first-order chi connectivity index (χ1) is 7.20. The molecule has 0 spiro atoms. The molecule has 1 saturated carbocycles. The summed E-state index contributed by atoms with van der Waals surface area (Å²) in [5, 5.41) is 9.25. The second-order valence-electron chi connectivity index (χ2n) is 4.29. The maximum absolute atomic E-state index is 11.2. The minimum Gasteiger partial charge on any atom is -0.481 e. The highest BCUT2D eigenvalue weighted by Crippen LogP contribution is 2.49. The fraction of sp³-hybridized carbons (Fsp3) is 0.462. The highest BCUT2D eigenvalue weighted by atomic mass is 16.4. The van der Waals surface area contributed by atoms with Gasteiger partial charge >= 0.3 is 5.97 Å². The van der Waals surface area contributed by atoms with Gasteiger partial charge in [-0.05, 0) is 30.4 Å². The van der Waals surface area contributed by atoms with Crippen molar-refractivity contribution in [1.29, 1.82) is 0 Å². The molecule has 0 amide bonds. The molecule has 0 radical (unpaired) electrons. The molecule has 2 nitrogen and oxygen atoms in total. The number of aryl methyl sites for hydroxylation is 1. The molecule has 0 bridgehead atoms. The van der Waals surface area contributed by atoms with Crippen LogP contribution in [-0.4, -0.2) is 11.1 Å². The van der Waals surface area contributed by atoms with Crippen LogP contribution < -0.4 is 0 Å². The van der Waals surface area contributed by atoms with Crippen LogP contribution in [0.5, 0.6) is 0 Å². The van der Waals surface area contributed by atoms with Gasteiger partial charge in [-0.3, -0.25) is 4.79 Å². The Labute approximate surface area is 89.9 Å². The van der Waals surface area contributed by atoms with E-state index in [0.717, 1.165) is 31.2 Å². The molecule has 1 aliphatic carbocycles. The maximum atomic E-state index is 11.2. The Balaban J connectivity index is 2.39. The van der Waals surface area contributed by atoms with Gasteiger partial charge < -0.3 is 5.11 Å². The van der Waals surface area contributed by atoms with E-state index in [1.807, 2.05) is 18.2 Å². The summed E-state index contributed by atoms with van der Waals surface area (Å²) >= 11 is 0. The van der Waals surface area contributed by atoms with Crippen molar-refractivity contribution in [2.75, 3.05) is 0 Å². The van der Waals surface area contributed by atoms with Gasteiger partial charge in [0.05, 0.1) is 5.41 Å². The van der Waals surface area contributed by atoms with E-state index < -0.39 is 11.4 Å². The summed E-state index contributed by atoms with van der Waals surface area (Å²) in [5.74, 6) is -0.661. The third-order valence-corrected chi connectivity index (χ3v) is 3.21. The van der Waals surface area contributed by atoms with Crippen molar-refractivity contribution < 1.29 is 9.90 Å². The van der Waals surface area contributed by atoms with Gasteiger partial charge in [-0.25, -0.2) is 0 Å². The van der Waals surface area contributed by atoms with Gasteiger partial charge in [0, 0.05) is 0 Å². The number of rotatable bonds is 4. The van der Waals surface area contributed by atoms with Crippen molar-refractivity contribution in [3.63, 3.8) is 0 Å². The molecule has 1 fully saturated rings. The topological polar surface area (TPSA) is 37.3 Å². The second-order valence-corrected chi connectivity index (χ2v) is 4.29. The zero-order valence-electron chi connectivity index (χ0n) is 8.99. The first-order valence-corrected chi connectivity index (χ1v) is 5.52. The molecule has 15 heavy (non-hydrogen) atoms. The Morgan fingerprint density at radius 3 is 2.60 bits per heavy atom. The Morgan fingerprint density at radius 1 is 1.40 bits per heavy atom. The standard InChI is InChI=1S/C13H16O2/c1-2-5-10-6-3-4-7-11(10)13(8-9-13)12(14)15/h3-4,6-7H,2,5,8-9H2,1H3,(H,14,15). The molecule has 80 valence electrons. The number of aliphatic carboxylic acids is 1. The molecule has 0 heterocycles. The Bertz CT molecular complexity index is 378. The lowest BCUT2D eigenvalue weighted by molar-refractivity contribution is -0.140. The minimum absolute atomic E-state index is 0.550. The third-order valence-electron chi connectivity index (χ3n) is 3.21. The monoisotopic (exact) mass is 204 g/mol. The van der Waals surface area contributed by atoms with E-state index >= 15 is 0 Å². The Kier molecular flexibility index (Phi) is 2.51. The van der Waals surface area contributed by atoms with Crippen molar-refractivity contribution in [2.45, 2.75) is 38.0 Å². The van der Waals surface area contributed by atoms with Gasteiger partial charge in [-0.1, -0.05) is 37.6 Å². The van der Waals surface area contributed by atoms with Crippen molar-refractivity contribution in [2.24, 2.45) is 0 Å². The summed E-state index contributed by atoms with van der Waals surface area (Å²) in [6.45, 7) is 2.12. The van der Waals surface area contributed by atoms with Gasteiger partial charge in [0.15, 0.2) is 0 Å². The summed E-state index contributed by atoms with van der Waals surface area (Å²) in [6.07, 6.45) is 3.63. The third kappa shape index (κ3) is 1.65. The molecule has 1 aliphatic rings. The van der Waals surface area contributed by atoms with Crippen LogP contribution in [0.1, 0.15) is 37.3 Å². The average Bonchev–Trinajstić information content (AvgIpc) is 3.00. The molecule has 0 atom stereocenters. The molecule has 2 rings (SSSR count). The second kappa shape index (κ2) is 3.69. The van der Waals surface area contributed by atoms with Crippen LogP contribution in [0.3, 0.4) is 0 Å². The SMILES string of the molecule is CCCc1ccccc1C1(C(=O)O)CC1. The number of carboxylic acid groups (broad SMARTS) is 1. The zero-order valence-corrected chi connectivity index (χ0v) is 8.99. The Morgan fingerprint density at radius 2 is 2.07 bits per heavy atom. The van der Waals surface area contributed by atoms with Crippen molar-refractivity contribution in [3.05, 3.63) is 35.4 Å². The summed E-state index contributed by atoms with van der Waals surface area (Å²) < 4.78 is 0. The highest BCUT2D eigenvalue weighted by molar-refractivity contribution is 5.85. The van der Waals surface area contributed by atoms with Crippen molar-refractivity contribution >= 4 is 5.97 Å². The van der Waals surface area contributed by atoms with Crippen LogP contribution in [0.2, 0.25) is 0 Å². The lowest BCUT2D eigenvalue weighted by Gasteiger charge is -2.14. The molecular formula is C13H16O2. The highest BCUT2D eigenvalue weighted by Gasteiger charge is 2.52. The average molecular weight is 204 g/mol. The first-order valence-electron chi connectivity index (χ1n) is 5.52. The summed E-state index contributed by atoms with van der Waals surface area (Å²) in [4.78, 5) is 11.2. The summed E-state index contributed by atoms with van der Waals surface area (Å²) in [6, 6.07) is 7.97. The number of hydrogen-bond donors (Lipinski definition) is 1. The van der Waals surface area contributed by atoms with E-state index in [0.29, 0.717) is 0 Å². The fourth-order valence-electron chi connectivity index (χ4n) is 2.20. The van der Waals surface area contributed by atoms with E-state index in [9.17, 15) is 9.90 Å². The predicted molar refractivity (Wildman–Crippen MR) is 59.0 cm³/mol. The fourth-order valence-corrected chi connectivity index (χ4v) is 2.20. The molecule has 1 aromatic carbocycles. The van der Waals surface area contributed by atoms with Gasteiger partial charge in [0.2, 0.25) is 0 Å². The van der Waals surface area contributed by atoms with E-state index in [1.165, 1.54) is 5.56 Å². The Hall–Kier alpha value is -1.31. The molecule has 0 aliphatic heterocycles. The summed E-state index contributed by atoms with van der Waals surface area (Å²) in [7, 11) is 0. The first kappa shape index (κ1) is 10.2. The molecule has 2 heteroatoms. The van der Waals surface area contributed by atoms with Crippen LogP contribution >= 0.6 is 0 Å². The van der Waals surface area contributed by atoms with E-state index in [1.54, 1.807) is 0 Å². The molecule has 0 saturated heterocycles. The normalized spacial score (nSPS) is 17.4. The van der Waals surface area contributed by atoms with Gasteiger partial charge in [0.25, 0.3) is 0 Å². The van der Waals surface area contributed by atoms with Crippen molar-refractivity contribution in [3.8, 4) is 0 Å². The van der Waals surface area contributed by atoms with Gasteiger partial charge in [0.1, 0.15) is 0 Å². The van der Waals surface area contributed by atoms with E-state index in [2.05, 4.69) is 13.0 Å². The number of benzene rings is 1. The van der Waals surface area contributed by atoms with Gasteiger partial charge in [-0.15, -0.1) is 0 Å². The smallest absolute Gasteiger partial charge is 0.314 e. The molecule has 0 unspecified atom stereocenters. The summed E-state index contributed by atoms with van der Waals surface area (Å²) in [5.41, 5.74) is 1.70. The van der Waals surface area contributed by atoms with E-state index in [4.69, 9.17) is 0 Å². The number of carbonyl (C=O) groups is 1. The molecule has 1 N–H and O–H groups in total. The number of carboxylic acids is 1. The van der Waals surface area contributed by atoms with Crippen molar-refractivity contribution in [1.82, 2.24) is 0 Å². The van der Waals surface area contributed by atoms with Crippen LogP contribution in [0.25, 0.3) is 0 Å². The predicted octanol–water partition coefficient (Wildman–Crippen LogP) is 2.76.